The Bertz CT molecular complexity index is 774. The smallest absolute Gasteiger partial charge is 0.194 e. The van der Waals surface area contributed by atoms with Gasteiger partial charge in [0.15, 0.2) is 17.5 Å². The summed E-state index contributed by atoms with van der Waals surface area (Å²) in [4.78, 5) is 0. The molecule has 6 heteroatoms. The first kappa shape index (κ1) is 13.2. The van der Waals surface area contributed by atoms with Gasteiger partial charge in [-0.3, -0.25) is 0 Å². The Labute approximate surface area is 118 Å². The van der Waals surface area contributed by atoms with E-state index in [0.29, 0.717) is 5.69 Å². The topological polar surface area (TPSA) is 43.8 Å². The molecular formula is C15H10F3N3. The third-order valence-corrected chi connectivity index (χ3v) is 3.02. The van der Waals surface area contributed by atoms with Crippen molar-refractivity contribution in [2.45, 2.75) is 0 Å². The molecule has 0 saturated heterocycles. The third kappa shape index (κ3) is 2.35. The molecule has 2 N–H and O–H groups in total. The highest BCUT2D eigenvalue weighted by Crippen LogP contribution is 2.24. The lowest BCUT2D eigenvalue weighted by Crippen LogP contribution is -2.04. The normalized spacial score (nSPS) is 10.8. The molecule has 0 unspecified atom stereocenters. The molecule has 0 aliphatic carbocycles. The van der Waals surface area contributed by atoms with Gasteiger partial charge in [-0.2, -0.15) is 5.10 Å². The Hall–Kier alpha value is -2.76. The standard InChI is InChI=1S/C15H10F3N3/c16-11-6-10(7-12(17)15(11)18)21-14(19)8-13(20-21)9-4-2-1-3-5-9/h1-8H,19H2. The molecule has 3 aromatic rings. The molecule has 1 heterocycles. The number of aromatic nitrogens is 2. The van der Waals surface area contributed by atoms with Crippen molar-refractivity contribution in [2.75, 3.05) is 5.73 Å². The number of halogens is 3. The fraction of sp³-hybridized carbons (Fsp3) is 0. The molecule has 3 rings (SSSR count). The number of nitrogens with two attached hydrogens (primary N) is 1. The van der Waals surface area contributed by atoms with E-state index < -0.39 is 17.5 Å². The Morgan fingerprint density at radius 1 is 0.905 bits per heavy atom. The predicted molar refractivity (Wildman–Crippen MR) is 73.3 cm³/mol. The number of nitrogen functional groups attached to an aromatic ring is 1. The van der Waals surface area contributed by atoms with Crippen LogP contribution < -0.4 is 5.73 Å². The van der Waals surface area contributed by atoms with Crippen molar-refractivity contribution in [3.8, 4) is 16.9 Å². The molecule has 1 aromatic heterocycles. The zero-order valence-corrected chi connectivity index (χ0v) is 10.7. The van der Waals surface area contributed by atoms with Crippen molar-refractivity contribution in [3.63, 3.8) is 0 Å². The van der Waals surface area contributed by atoms with Crippen LogP contribution in [0.15, 0.2) is 48.5 Å². The summed E-state index contributed by atoms with van der Waals surface area (Å²) in [5, 5.41) is 4.20. The van der Waals surface area contributed by atoms with Gasteiger partial charge in [0.1, 0.15) is 5.82 Å². The van der Waals surface area contributed by atoms with Crippen molar-refractivity contribution in [1.82, 2.24) is 9.78 Å². The SMILES string of the molecule is Nc1cc(-c2ccccc2)nn1-c1cc(F)c(F)c(F)c1. The van der Waals surface area contributed by atoms with Crippen LogP contribution in [0.4, 0.5) is 19.0 Å². The highest BCUT2D eigenvalue weighted by Gasteiger charge is 2.14. The first-order valence-corrected chi connectivity index (χ1v) is 6.12. The second kappa shape index (κ2) is 4.97. The Balaban J connectivity index is 2.10. The van der Waals surface area contributed by atoms with Gasteiger partial charge in [-0.25, -0.2) is 17.9 Å². The molecule has 2 aromatic carbocycles. The third-order valence-electron chi connectivity index (χ3n) is 3.02. The quantitative estimate of drug-likeness (QED) is 0.733. The maximum Gasteiger partial charge on any atom is 0.194 e. The van der Waals surface area contributed by atoms with Crippen molar-refractivity contribution in [2.24, 2.45) is 0 Å². The predicted octanol–water partition coefficient (Wildman–Crippen LogP) is 3.54. The zero-order valence-electron chi connectivity index (χ0n) is 10.7. The minimum Gasteiger partial charge on any atom is -0.384 e. The summed E-state index contributed by atoms with van der Waals surface area (Å²) >= 11 is 0. The molecule has 0 atom stereocenters. The number of benzene rings is 2. The monoisotopic (exact) mass is 289 g/mol. The minimum absolute atomic E-state index is 0.0195. The van der Waals surface area contributed by atoms with Crippen LogP contribution in [0, 0.1) is 17.5 Å². The van der Waals surface area contributed by atoms with Gasteiger partial charge in [-0.1, -0.05) is 30.3 Å². The molecule has 0 aliphatic rings. The van der Waals surface area contributed by atoms with E-state index in [1.54, 1.807) is 6.07 Å². The fourth-order valence-electron chi connectivity index (χ4n) is 2.02. The van der Waals surface area contributed by atoms with Crippen LogP contribution in [-0.2, 0) is 0 Å². The lowest BCUT2D eigenvalue weighted by atomic mass is 10.2. The number of nitrogens with zero attached hydrogens (tertiary/aromatic N) is 2. The largest absolute Gasteiger partial charge is 0.384 e. The average Bonchev–Trinajstić information content (AvgIpc) is 2.87. The molecule has 0 spiro atoms. The summed E-state index contributed by atoms with van der Waals surface area (Å²) in [6, 6.07) is 12.5. The van der Waals surface area contributed by atoms with Crippen LogP contribution in [0.5, 0.6) is 0 Å². The van der Waals surface area contributed by atoms with Crippen LogP contribution in [0.1, 0.15) is 0 Å². The van der Waals surface area contributed by atoms with E-state index >= 15 is 0 Å². The molecule has 0 saturated carbocycles. The van der Waals surface area contributed by atoms with Crippen molar-refractivity contribution in [3.05, 3.63) is 66.0 Å². The van der Waals surface area contributed by atoms with Gasteiger partial charge in [0.05, 0.1) is 11.4 Å². The number of hydrogen-bond donors (Lipinski definition) is 1. The molecule has 0 aliphatic heterocycles. The number of hydrogen-bond acceptors (Lipinski definition) is 2. The van der Waals surface area contributed by atoms with E-state index in [0.717, 1.165) is 22.4 Å². The molecule has 0 fully saturated rings. The fourth-order valence-corrected chi connectivity index (χ4v) is 2.02. The van der Waals surface area contributed by atoms with Gasteiger partial charge in [-0.05, 0) is 0 Å². The Kier molecular flexibility index (Phi) is 3.13. The molecule has 0 amide bonds. The second-order valence-corrected chi connectivity index (χ2v) is 4.46. The minimum atomic E-state index is -1.52. The Morgan fingerprint density at radius 3 is 2.14 bits per heavy atom. The van der Waals surface area contributed by atoms with Crippen molar-refractivity contribution in [1.29, 1.82) is 0 Å². The van der Waals surface area contributed by atoms with E-state index in [2.05, 4.69) is 5.10 Å². The summed E-state index contributed by atoms with van der Waals surface area (Å²) in [7, 11) is 0. The maximum absolute atomic E-state index is 13.3. The Morgan fingerprint density at radius 2 is 1.52 bits per heavy atom. The van der Waals surface area contributed by atoms with Gasteiger partial charge in [-0.15, -0.1) is 0 Å². The molecule has 3 nitrogen and oxygen atoms in total. The van der Waals surface area contributed by atoms with E-state index in [9.17, 15) is 13.2 Å². The van der Waals surface area contributed by atoms with Gasteiger partial charge in [0.25, 0.3) is 0 Å². The average molecular weight is 289 g/mol. The molecular weight excluding hydrogens is 279 g/mol. The van der Waals surface area contributed by atoms with Gasteiger partial charge in [0.2, 0.25) is 0 Å². The number of rotatable bonds is 2. The molecule has 0 radical (unpaired) electrons. The van der Waals surface area contributed by atoms with E-state index in [1.807, 2.05) is 30.3 Å². The van der Waals surface area contributed by atoms with Crippen LogP contribution in [0.25, 0.3) is 16.9 Å². The highest BCUT2D eigenvalue weighted by molar-refractivity contribution is 5.63. The van der Waals surface area contributed by atoms with Gasteiger partial charge < -0.3 is 5.73 Å². The van der Waals surface area contributed by atoms with E-state index in [1.165, 1.54) is 0 Å². The van der Waals surface area contributed by atoms with E-state index in [4.69, 9.17) is 5.73 Å². The van der Waals surface area contributed by atoms with Crippen molar-refractivity contribution < 1.29 is 13.2 Å². The van der Waals surface area contributed by atoms with E-state index in [-0.39, 0.29) is 11.5 Å². The lowest BCUT2D eigenvalue weighted by Gasteiger charge is -2.05. The highest BCUT2D eigenvalue weighted by atomic mass is 19.2. The lowest BCUT2D eigenvalue weighted by molar-refractivity contribution is 0.446. The number of anilines is 1. The summed E-state index contributed by atoms with van der Waals surface area (Å²) in [5.41, 5.74) is 7.20. The zero-order chi connectivity index (χ0) is 15.0. The van der Waals surface area contributed by atoms with Crippen LogP contribution in [-0.4, -0.2) is 9.78 Å². The first-order valence-electron chi connectivity index (χ1n) is 6.12. The summed E-state index contributed by atoms with van der Waals surface area (Å²) in [6.45, 7) is 0. The molecule has 106 valence electrons. The van der Waals surface area contributed by atoms with Crippen LogP contribution in [0.3, 0.4) is 0 Å². The summed E-state index contributed by atoms with van der Waals surface area (Å²) in [5.74, 6) is -3.91. The second-order valence-electron chi connectivity index (χ2n) is 4.46. The maximum atomic E-state index is 13.3. The summed E-state index contributed by atoms with van der Waals surface area (Å²) < 4.78 is 40.7. The van der Waals surface area contributed by atoms with Gasteiger partial charge in [0, 0.05) is 23.8 Å². The molecule has 21 heavy (non-hydrogen) atoms. The van der Waals surface area contributed by atoms with Crippen molar-refractivity contribution >= 4 is 5.82 Å². The first-order chi connectivity index (χ1) is 10.1. The van der Waals surface area contributed by atoms with Crippen LogP contribution in [0.2, 0.25) is 0 Å². The van der Waals surface area contributed by atoms with Crippen LogP contribution >= 0.6 is 0 Å². The van der Waals surface area contributed by atoms with Gasteiger partial charge >= 0.3 is 0 Å². The molecule has 0 bridgehead atoms. The summed E-state index contributed by atoms with van der Waals surface area (Å²) in [6.07, 6.45) is 0.